The van der Waals surface area contributed by atoms with Gasteiger partial charge in [-0.05, 0) is 47.1 Å². The van der Waals surface area contributed by atoms with Crippen LogP contribution in [0.2, 0.25) is 0 Å². The van der Waals surface area contributed by atoms with Crippen LogP contribution in [0.5, 0.6) is 0 Å². The minimum atomic E-state index is -1.40. The first-order valence-electron chi connectivity index (χ1n) is 12.4. The van der Waals surface area contributed by atoms with E-state index in [0.717, 1.165) is 11.1 Å². The summed E-state index contributed by atoms with van der Waals surface area (Å²) in [5, 5.41) is 5.09. The maximum absolute atomic E-state index is 13.8. The number of alkyl carbamates (subject to hydrolysis) is 1. The molecule has 0 heterocycles. The Labute approximate surface area is 224 Å². The number of benzene rings is 1. The number of hydrogen-bond acceptors (Lipinski definition) is 7. The van der Waals surface area contributed by atoms with Gasteiger partial charge in [-0.3, -0.25) is 19.2 Å². The number of carbonyl (C=O) groups is 5. The normalized spacial score (nSPS) is 12.5. The predicted octanol–water partition coefficient (Wildman–Crippen LogP) is 2.20. The summed E-state index contributed by atoms with van der Waals surface area (Å²) in [7, 11) is 0. The highest BCUT2D eigenvalue weighted by atomic mass is 16.6. The SMILES string of the molecule is C=CCN(C(=O)C(CC(N)=O)NC(=O)OC(C)(C)C)C(C(=O)NCCC(=O)OCC)c1cc(C)cc(C)c1. The van der Waals surface area contributed by atoms with Crippen LogP contribution in [0.15, 0.2) is 30.9 Å². The number of nitrogens with zero attached hydrogens (tertiary/aromatic N) is 1. The van der Waals surface area contributed by atoms with Gasteiger partial charge in [0, 0.05) is 13.1 Å². The van der Waals surface area contributed by atoms with Gasteiger partial charge in [-0.15, -0.1) is 6.58 Å². The van der Waals surface area contributed by atoms with Crippen molar-refractivity contribution >= 4 is 29.8 Å². The Morgan fingerprint density at radius 3 is 2.21 bits per heavy atom. The Morgan fingerprint density at radius 2 is 1.71 bits per heavy atom. The summed E-state index contributed by atoms with van der Waals surface area (Å²) in [6.07, 6.45) is -0.0687. The molecule has 1 aromatic carbocycles. The van der Waals surface area contributed by atoms with E-state index < -0.39 is 53.9 Å². The minimum Gasteiger partial charge on any atom is -0.466 e. The topological polar surface area (TPSA) is 157 Å². The standard InChI is InChI=1S/C27H40N4O7/c1-8-12-31(25(35)20(16-21(28)32)30-26(36)38-27(5,6)7)23(19-14-17(3)13-18(4)15-19)24(34)29-11-10-22(33)37-9-2/h8,13-15,20,23H,1,9-12,16H2,2-7H3,(H2,28,32)(H,29,34)(H,30,36). The van der Waals surface area contributed by atoms with Gasteiger partial charge in [-0.2, -0.15) is 0 Å². The van der Waals surface area contributed by atoms with Gasteiger partial charge in [0.25, 0.3) is 0 Å². The molecule has 210 valence electrons. The number of primary amides is 1. The second-order valence-electron chi connectivity index (χ2n) is 9.82. The second kappa shape index (κ2) is 14.7. The predicted molar refractivity (Wildman–Crippen MR) is 142 cm³/mol. The summed E-state index contributed by atoms with van der Waals surface area (Å²) in [5.74, 6) is -2.61. The highest BCUT2D eigenvalue weighted by Crippen LogP contribution is 2.25. The fourth-order valence-electron chi connectivity index (χ4n) is 3.77. The van der Waals surface area contributed by atoms with Gasteiger partial charge in [-0.1, -0.05) is 35.4 Å². The lowest BCUT2D eigenvalue weighted by Crippen LogP contribution is -2.54. The summed E-state index contributed by atoms with van der Waals surface area (Å²) in [6.45, 7) is 14.1. The van der Waals surface area contributed by atoms with E-state index in [9.17, 15) is 24.0 Å². The van der Waals surface area contributed by atoms with Gasteiger partial charge < -0.3 is 30.7 Å². The van der Waals surface area contributed by atoms with Gasteiger partial charge >= 0.3 is 12.1 Å². The van der Waals surface area contributed by atoms with Gasteiger partial charge in [0.2, 0.25) is 17.7 Å². The van der Waals surface area contributed by atoms with Crippen LogP contribution in [0, 0.1) is 13.8 Å². The van der Waals surface area contributed by atoms with E-state index in [1.54, 1.807) is 39.8 Å². The number of nitrogens with two attached hydrogens (primary N) is 1. The third-order valence-corrected chi connectivity index (χ3v) is 5.06. The first kappa shape index (κ1) is 32.1. The molecule has 0 saturated carbocycles. The maximum atomic E-state index is 13.8. The fraction of sp³-hybridized carbons (Fsp3) is 0.519. The molecule has 11 heteroatoms. The van der Waals surface area contributed by atoms with E-state index in [2.05, 4.69) is 17.2 Å². The summed E-state index contributed by atoms with van der Waals surface area (Å²) >= 11 is 0. The van der Waals surface area contributed by atoms with Crippen molar-refractivity contribution in [2.75, 3.05) is 19.7 Å². The third-order valence-electron chi connectivity index (χ3n) is 5.06. The maximum Gasteiger partial charge on any atom is 0.408 e. The molecule has 4 N–H and O–H groups in total. The lowest BCUT2D eigenvalue weighted by molar-refractivity contribution is -0.144. The van der Waals surface area contributed by atoms with E-state index in [0.29, 0.717) is 5.56 Å². The molecule has 0 aliphatic carbocycles. The molecule has 38 heavy (non-hydrogen) atoms. The van der Waals surface area contributed by atoms with E-state index in [1.807, 2.05) is 19.9 Å². The number of aryl methyl sites for hydroxylation is 2. The van der Waals surface area contributed by atoms with E-state index in [4.69, 9.17) is 15.2 Å². The van der Waals surface area contributed by atoms with E-state index in [-0.39, 0.29) is 26.1 Å². The molecule has 0 aliphatic heterocycles. The van der Waals surface area contributed by atoms with Crippen molar-refractivity contribution in [3.8, 4) is 0 Å². The van der Waals surface area contributed by atoms with Crippen molar-refractivity contribution in [3.63, 3.8) is 0 Å². The first-order valence-corrected chi connectivity index (χ1v) is 12.4. The molecular formula is C27H40N4O7. The molecule has 1 rings (SSSR count). The van der Waals surface area contributed by atoms with Crippen LogP contribution in [0.1, 0.15) is 63.3 Å². The van der Waals surface area contributed by atoms with Crippen molar-refractivity contribution in [3.05, 3.63) is 47.5 Å². The number of carbonyl (C=O) groups excluding carboxylic acids is 5. The van der Waals surface area contributed by atoms with Crippen LogP contribution in [0.25, 0.3) is 0 Å². The molecule has 4 amide bonds. The Bertz CT molecular complexity index is 1010. The molecule has 0 spiro atoms. The molecule has 0 bridgehead atoms. The number of esters is 1. The number of hydrogen-bond donors (Lipinski definition) is 3. The third kappa shape index (κ3) is 11.0. The molecule has 0 aliphatic rings. The highest BCUT2D eigenvalue weighted by Gasteiger charge is 2.36. The average Bonchev–Trinajstić information content (AvgIpc) is 2.75. The lowest BCUT2D eigenvalue weighted by atomic mass is 9.98. The number of rotatable bonds is 13. The van der Waals surface area contributed by atoms with E-state index >= 15 is 0 Å². The Morgan fingerprint density at radius 1 is 1.11 bits per heavy atom. The van der Waals surface area contributed by atoms with Crippen LogP contribution < -0.4 is 16.4 Å². The van der Waals surface area contributed by atoms with Gasteiger partial charge in [-0.25, -0.2) is 4.79 Å². The molecule has 1 aromatic rings. The molecule has 11 nitrogen and oxygen atoms in total. The highest BCUT2D eigenvalue weighted by molar-refractivity contribution is 5.94. The summed E-state index contributed by atoms with van der Waals surface area (Å²) in [4.78, 5) is 64.5. The smallest absolute Gasteiger partial charge is 0.408 e. The number of ether oxygens (including phenoxy) is 2. The van der Waals surface area contributed by atoms with Crippen LogP contribution in [-0.4, -0.2) is 66.0 Å². The number of nitrogens with one attached hydrogen (secondary N) is 2. The molecular weight excluding hydrogens is 492 g/mol. The molecule has 0 saturated heterocycles. The summed E-state index contributed by atoms with van der Waals surface area (Å²) < 4.78 is 10.1. The quantitative estimate of drug-likeness (QED) is 0.260. The molecule has 2 unspecified atom stereocenters. The molecule has 0 radical (unpaired) electrons. The monoisotopic (exact) mass is 532 g/mol. The number of amides is 4. The lowest BCUT2D eigenvalue weighted by Gasteiger charge is -2.34. The van der Waals surface area contributed by atoms with Gasteiger partial charge in [0.1, 0.15) is 17.7 Å². The zero-order chi connectivity index (χ0) is 29.0. The van der Waals surface area contributed by atoms with Crippen molar-refractivity contribution in [1.82, 2.24) is 15.5 Å². The Kier molecular flexibility index (Phi) is 12.5. The van der Waals surface area contributed by atoms with Crippen LogP contribution in [0.3, 0.4) is 0 Å². The first-order chi connectivity index (χ1) is 17.7. The Balaban J connectivity index is 3.44. The van der Waals surface area contributed by atoms with Crippen LogP contribution in [0.4, 0.5) is 4.79 Å². The second-order valence-corrected chi connectivity index (χ2v) is 9.82. The van der Waals surface area contributed by atoms with Gasteiger partial charge in [0.15, 0.2) is 0 Å². The zero-order valence-corrected chi connectivity index (χ0v) is 23.1. The van der Waals surface area contributed by atoms with E-state index in [1.165, 1.54) is 11.0 Å². The molecule has 2 atom stereocenters. The molecule has 0 aromatic heterocycles. The fourth-order valence-corrected chi connectivity index (χ4v) is 3.77. The molecule has 0 fully saturated rings. The van der Waals surface area contributed by atoms with Crippen molar-refractivity contribution in [2.24, 2.45) is 5.73 Å². The summed E-state index contributed by atoms with van der Waals surface area (Å²) in [5.41, 5.74) is 6.73. The van der Waals surface area contributed by atoms with Crippen LogP contribution >= 0.6 is 0 Å². The van der Waals surface area contributed by atoms with Crippen molar-refractivity contribution in [1.29, 1.82) is 0 Å². The van der Waals surface area contributed by atoms with Crippen molar-refractivity contribution in [2.45, 2.75) is 72.1 Å². The van der Waals surface area contributed by atoms with Crippen LogP contribution in [-0.2, 0) is 28.7 Å². The summed E-state index contributed by atoms with van der Waals surface area (Å²) in [6, 6.07) is 2.87. The average molecular weight is 533 g/mol. The van der Waals surface area contributed by atoms with Crippen molar-refractivity contribution < 1.29 is 33.4 Å². The van der Waals surface area contributed by atoms with Gasteiger partial charge in [0.05, 0.1) is 19.4 Å². The Hall–Kier alpha value is -3.89. The minimum absolute atomic E-state index is 0.0179. The zero-order valence-electron chi connectivity index (χ0n) is 23.1. The largest absolute Gasteiger partial charge is 0.466 e.